The summed E-state index contributed by atoms with van der Waals surface area (Å²) in [6.45, 7) is 6.55. The number of nitrogens with one attached hydrogen (secondary N) is 3. The first-order valence-corrected chi connectivity index (χ1v) is 12.1. The summed E-state index contributed by atoms with van der Waals surface area (Å²) in [6, 6.07) is 10.9. The third-order valence-electron chi connectivity index (χ3n) is 6.27. The molecule has 1 aliphatic rings. The Morgan fingerprint density at radius 2 is 1.70 bits per heavy atom. The van der Waals surface area contributed by atoms with Crippen molar-refractivity contribution in [3.8, 4) is 0 Å². The number of benzene rings is 2. The van der Waals surface area contributed by atoms with Crippen molar-refractivity contribution >= 4 is 40.0 Å². The van der Waals surface area contributed by atoms with E-state index in [1.165, 1.54) is 23.9 Å². The Balaban J connectivity index is 1.36. The van der Waals surface area contributed by atoms with E-state index in [4.69, 9.17) is 0 Å². The van der Waals surface area contributed by atoms with E-state index in [0.717, 1.165) is 32.7 Å². The van der Waals surface area contributed by atoms with Crippen LogP contribution in [-0.2, 0) is 11.3 Å². The highest BCUT2D eigenvalue weighted by Crippen LogP contribution is 2.16. The maximum absolute atomic E-state index is 13.0. The van der Waals surface area contributed by atoms with E-state index in [1.54, 1.807) is 36.4 Å². The molecule has 2 aromatic carbocycles. The second-order valence-corrected chi connectivity index (χ2v) is 9.12. The number of aromatic nitrogens is 2. The number of anilines is 2. The Morgan fingerprint density at radius 3 is 2.43 bits per heavy atom. The second-order valence-electron chi connectivity index (χ2n) is 9.12. The molecule has 37 heavy (non-hydrogen) atoms. The number of likely N-dealkylation sites (N-methyl/N-ethyl adjacent to an activating group) is 1. The molecular weight excluding hydrogens is 474 g/mol. The second kappa shape index (κ2) is 11.8. The highest BCUT2D eigenvalue weighted by molar-refractivity contribution is 6.02. The van der Waals surface area contributed by atoms with Crippen molar-refractivity contribution in [2.45, 2.75) is 13.5 Å². The van der Waals surface area contributed by atoms with Crippen molar-refractivity contribution in [3.05, 3.63) is 64.7 Å². The zero-order chi connectivity index (χ0) is 26.4. The van der Waals surface area contributed by atoms with Gasteiger partial charge in [-0.1, -0.05) is 12.1 Å². The number of amides is 3. The third-order valence-corrected chi connectivity index (χ3v) is 6.27. The van der Waals surface area contributed by atoms with E-state index in [-0.39, 0.29) is 29.2 Å². The third kappa shape index (κ3) is 6.99. The largest absolute Gasteiger partial charge is 0.353 e. The number of Topliss-reactive ketones (excluding diaryl/α,β-unsaturated/α-hetero) is 1. The zero-order valence-corrected chi connectivity index (χ0v) is 21.0. The Hall–Kier alpha value is -4.09. The van der Waals surface area contributed by atoms with Crippen LogP contribution in [0, 0.1) is 0 Å². The van der Waals surface area contributed by atoms with Crippen molar-refractivity contribution in [1.29, 1.82) is 0 Å². The molecule has 0 atom stereocenters. The van der Waals surface area contributed by atoms with E-state index < -0.39 is 6.03 Å². The number of nitrogens with zero attached hydrogens (tertiary/aromatic N) is 4. The molecule has 194 valence electrons. The lowest BCUT2D eigenvalue weighted by Crippen LogP contribution is -2.47. The fourth-order valence-electron chi connectivity index (χ4n) is 4.09. The Morgan fingerprint density at radius 1 is 0.973 bits per heavy atom. The molecule has 3 aromatic rings. The van der Waals surface area contributed by atoms with Crippen LogP contribution in [0.4, 0.5) is 16.2 Å². The number of hydrogen-bond acceptors (Lipinski definition) is 7. The summed E-state index contributed by atoms with van der Waals surface area (Å²) < 4.78 is 1.25. The molecule has 0 aliphatic carbocycles. The Labute approximate surface area is 214 Å². The van der Waals surface area contributed by atoms with Gasteiger partial charge in [0.25, 0.3) is 5.56 Å². The van der Waals surface area contributed by atoms with Gasteiger partial charge in [0.2, 0.25) is 5.91 Å². The fraction of sp³-hybridized carbons (Fsp3) is 0.346. The first-order valence-electron chi connectivity index (χ1n) is 12.1. The zero-order valence-electron chi connectivity index (χ0n) is 21.0. The molecule has 3 amide bonds. The Kier molecular flexibility index (Phi) is 8.26. The van der Waals surface area contributed by atoms with E-state index in [0.29, 0.717) is 29.0 Å². The van der Waals surface area contributed by atoms with E-state index >= 15 is 0 Å². The van der Waals surface area contributed by atoms with Crippen LogP contribution in [0.25, 0.3) is 10.9 Å². The highest BCUT2D eigenvalue weighted by Gasteiger charge is 2.14. The van der Waals surface area contributed by atoms with Gasteiger partial charge in [-0.05, 0) is 44.3 Å². The van der Waals surface area contributed by atoms with Gasteiger partial charge in [0.1, 0.15) is 6.54 Å². The minimum Gasteiger partial charge on any atom is -0.353 e. The summed E-state index contributed by atoms with van der Waals surface area (Å²) in [7, 11) is 2.10. The molecule has 0 radical (unpaired) electrons. The number of piperazine rings is 1. The molecule has 3 N–H and O–H groups in total. The van der Waals surface area contributed by atoms with Gasteiger partial charge in [0, 0.05) is 56.2 Å². The lowest BCUT2D eigenvalue weighted by Gasteiger charge is -2.32. The van der Waals surface area contributed by atoms with Crippen LogP contribution in [0.2, 0.25) is 0 Å². The minimum absolute atomic E-state index is 0.105. The topological polar surface area (TPSA) is 129 Å². The van der Waals surface area contributed by atoms with Gasteiger partial charge in [0.05, 0.1) is 17.2 Å². The molecule has 11 heteroatoms. The molecule has 2 heterocycles. The summed E-state index contributed by atoms with van der Waals surface area (Å²) in [6.07, 6.45) is 1.35. The van der Waals surface area contributed by atoms with Gasteiger partial charge in [-0.15, -0.1) is 0 Å². The predicted molar refractivity (Wildman–Crippen MR) is 142 cm³/mol. The van der Waals surface area contributed by atoms with Crippen molar-refractivity contribution in [1.82, 2.24) is 24.7 Å². The number of hydrogen-bond donors (Lipinski definition) is 3. The van der Waals surface area contributed by atoms with Gasteiger partial charge in [-0.2, -0.15) is 0 Å². The number of carbonyl (C=O) groups excluding carboxylic acids is 3. The summed E-state index contributed by atoms with van der Waals surface area (Å²) >= 11 is 0. The van der Waals surface area contributed by atoms with Crippen molar-refractivity contribution < 1.29 is 14.4 Å². The Bertz CT molecular complexity index is 1360. The highest BCUT2D eigenvalue weighted by atomic mass is 16.2. The van der Waals surface area contributed by atoms with Crippen molar-refractivity contribution in [2.24, 2.45) is 0 Å². The standard InChI is InChI=1S/C26H31N7O4/c1-18(34)19-4-3-5-20(14-19)29-26(37)30-21-6-7-23-22(15-21)25(36)33(17-28-23)16-24(35)27-8-9-32-12-10-31(2)11-13-32/h3-7,14-15,17H,8-13,16H2,1-2H3,(H,27,35)(H2,29,30,37). The van der Waals surface area contributed by atoms with Gasteiger partial charge in [-0.25, -0.2) is 9.78 Å². The first-order chi connectivity index (χ1) is 17.8. The van der Waals surface area contributed by atoms with Gasteiger partial charge >= 0.3 is 6.03 Å². The van der Waals surface area contributed by atoms with Crippen LogP contribution < -0.4 is 21.5 Å². The van der Waals surface area contributed by atoms with Crippen LogP contribution in [0.15, 0.2) is 53.6 Å². The summed E-state index contributed by atoms with van der Waals surface area (Å²) in [4.78, 5) is 58.3. The average Bonchev–Trinajstić information content (AvgIpc) is 2.87. The number of ketones is 1. The lowest BCUT2D eigenvalue weighted by atomic mass is 10.1. The molecule has 0 spiro atoms. The van der Waals surface area contributed by atoms with Crippen LogP contribution in [0.3, 0.4) is 0 Å². The molecule has 1 saturated heterocycles. The van der Waals surface area contributed by atoms with Gasteiger partial charge in [-0.3, -0.25) is 23.9 Å². The van der Waals surface area contributed by atoms with E-state index in [9.17, 15) is 19.2 Å². The maximum Gasteiger partial charge on any atom is 0.323 e. The van der Waals surface area contributed by atoms with Crippen molar-refractivity contribution in [3.63, 3.8) is 0 Å². The maximum atomic E-state index is 13.0. The minimum atomic E-state index is -0.524. The monoisotopic (exact) mass is 505 g/mol. The van der Waals surface area contributed by atoms with Gasteiger partial charge < -0.3 is 20.9 Å². The quantitative estimate of drug-likeness (QED) is 0.397. The molecule has 11 nitrogen and oxygen atoms in total. The first kappa shape index (κ1) is 26.0. The SMILES string of the molecule is CC(=O)c1cccc(NC(=O)Nc2ccc3ncn(CC(=O)NCCN4CCN(C)CC4)c(=O)c3c2)c1. The van der Waals surface area contributed by atoms with Crippen LogP contribution in [0.1, 0.15) is 17.3 Å². The molecule has 4 rings (SSSR count). The molecule has 1 aromatic heterocycles. The van der Waals surface area contributed by atoms with E-state index in [2.05, 4.69) is 37.8 Å². The fourth-order valence-corrected chi connectivity index (χ4v) is 4.09. The molecule has 0 unspecified atom stereocenters. The normalized spacial score (nSPS) is 14.3. The number of urea groups is 1. The van der Waals surface area contributed by atoms with Crippen LogP contribution >= 0.6 is 0 Å². The summed E-state index contributed by atoms with van der Waals surface area (Å²) in [5.41, 5.74) is 1.42. The molecule has 1 fully saturated rings. The number of fused-ring (bicyclic) bond motifs is 1. The smallest absolute Gasteiger partial charge is 0.323 e. The van der Waals surface area contributed by atoms with Crippen LogP contribution in [-0.4, -0.2) is 83.4 Å². The van der Waals surface area contributed by atoms with Crippen molar-refractivity contribution in [2.75, 3.05) is 56.9 Å². The number of carbonyl (C=O) groups is 3. The molecule has 0 bridgehead atoms. The summed E-state index contributed by atoms with van der Waals surface area (Å²) in [5, 5.41) is 8.50. The van der Waals surface area contributed by atoms with Gasteiger partial charge in [0.15, 0.2) is 5.78 Å². The molecule has 1 aliphatic heterocycles. The average molecular weight is 506 g/mol. The summed E-state index contributed by atoms with van der Waals surface area (Å²) in [5.74, 6) is -0.370. The molecule has 0 saturated carbocycles. The number of rotatable bonds is 8. The predicted octanol–water partition coefficient (Wildman–Crippen LogP) is 1.61. The lowest BCUT2D eigenvalue weighted by molar-refractivity contribution is -0.121. The van der Waals surface area contributed by atoms with Crippen LogP contribution in [0.5, 0.6) is 0 Å². The van der Waals surface area contributed by atoms with E-state index in [1.807, 2.05) is 0 Å². The molecular formula is C26H31N7O4.